The van der Waals surface area contributed by atoms with Crippen molar-refractivity contribution in [3.8, 4) is 5.75 Å². The average molecular weight is 267 g/mol. The minimum Gasteiger partial charge on any atom is -0.497 e. The minimum absolute atomic E-state index is 0.0537. The maximum absolute atomic E-state index is 10.5. The number of hydrogen-bond donors (Lipinski definition) is 2. The molecule has 19 heavy (non-hydrogen) atoms. The molecule has 0 aliphatic heterocycles. The van der Waals surface area contributed by atoms with Crippen LogP contribution in [0.1, 0.15) is 32.4 Å². The van der Waals surface area contributed by atoms with Crippen molar-refractivity contribution in [3.63, 3.8) is 0 Å². The zero-order valence-electron chi connectivity index (χ0n) is 12.2. The van der Waals surface area contributed by atoms with E-state index in [0.29, 0.717) is 6.61 Å². The Morgan fingerprint density at radius 1 is 1.21 bits per heavy atom. The Morgan fingerprint density at radius 2 is 1.84 bits per heavy atom. The zero-order chi connectivity index (χ0) is 14.3. The second kappa shape index (κ2) is 8.15. The summed E-state index contributed by atoms with van der Waals surface area (Å²) >= 11 is 0. The molecule has 0 fully saturated rings. The Balaban J connectivity index is 2.81. The first-order chi connectivity index (χ1) is 9.13. The summed E-state index contributed by atoms with van der Waals surface area (Å²) in [4.78, 5) is 0. The van der Waals surface area contributed by atoms with Crippen LogP contribution in [0.4, 0.5) is 0 Å². The molecule has 4 heteroatoms. The largest absolute Gasteiger partial charge is 0.497 e. The van der Waals surface area contributed by atoms with Gasteiger partial charge in [0.05, 0.1) is 25.4 Å². The summed E-state index contributed by atoms with van der Waals surface area (Å²) in [6, 6.07) is 7.34. The van der Waals surface area contributed by atoms with Crippen molar-refractivity contribution in [3.05, 3.63) is 29.8 Å². The van der Waals surface area contributed by atoms with Crippen molar-refractivity contribution in [2.75, 3.05) is 20.3 Å². The number of ether oxygens (including phenoxy) is 2. The van der Waals surface area contributed by atoms with E-state index in [1.807, 2.05) is 45.0 Å². The molecule has 0 spiro atoms. The Morgan fingerprint density at radius 3 is 2.32 bits per heavy atom. The van der Waals surface area contributed by atoms with Crippen molar-refractivity contribution in [1.29, 1.82) is 0 Å². The third-order valence-corrected chi connectivity index (χ3v) is 3.17. The number of benzene rings is 1. The lowest BCUT2D eigenvalue weighted by atomic mass is 9.98. The molecule has 0 bridgehead atoms. The van der Waals surface area contributed by atoms with Gasteiger partial charge in [0.2, 0.25) is 0 Å². The normalized spacial score (nSPS) is 15.8. The second-order valence-corrected chi connectivity index (χ2v) is 4.46. The van der Waals surface area contributed by atoms with Crippen LogP contribution in [0.3, 0.4) is 0 Å². The summed E-state index contributed by atoms with van der Waals surface area (Å²) in [5.74, 6) is 0.786. The number of hydrogen-bond acceptors (Lipinski definition) is 4. The van der Waals surface area contributed by atoms with Gasteiger partial charge in [-0.25, -0.2) is 0 Å². The first-order valence-electron chi connectivity index (χ1n) is 6.81. The summed E-state index contributed by atoms with van der Waals surface area (Å²) in [6.45, 7) is 7.38. The lowest BCUT2D eigenvalue weighted by Gasteiger charge is -2.29. The van der Waals surface area contributed by atoms with E-state index in [2.05, 4.69) is 5.32 Å². The molecule has 0 amide bonds. The molecular formula is C15H25NO3. The fraction of sp³-hybridized carbons (Fsp3) is 0.600. The molecule has 0 saturated heterocycles. The van der Waals surface area contributed by atoms with Crippen LogP contribution in [-0.4, -0.2) is 37.5 Å². The highest BCUT2D eigenvalue weighted by Gasteiger charge is 2.26. The van der Waals surface area contributed by atoms with Gasteiger partial charge in [-0.3, -0.25) is 0 Å². The van der Waals surface area contributed by atoms with Crippen LogP contribution < -0.4 is 10.1 Å². The lowest BCUT2D eigenvalue weighted by molar-refractivity contribution is -0.00138. The highest BCUT2D eigenvalue weighted by molar-refractivity contribution is 5.29. The minimum atomic E-state index is -0.604. The molecule has 0 aliphatic carbocycles. The molecule has 0 aromatic heterocycles. The summed E-state index contributed by atoms with van der Waals surface area (Å²) in [6.07, 6.45) is -0.658. The maximum atomic E-state index is 10.5. The molecule has 0 heterocycles. The molecule has 1 aromatic carbocycles. The average Bonchev–Trinajstić information content (AvgIpc) is 2.44. The molecule has 108 valence electrons. The van der Waals surface area contributed by atoms with Crippen LogP contribution in [0, 0.1) is 0 Å². The SMILES string of the molecule is CCN[C@H]([C@H](O)c1ccc(OC)cc1)[C@@H](C)OCC. The predicted octanol–water partition coefficient (Wildman–Crippen LogP) is 2.13. The highest BCUT2D eigenvalue weighted by Crippen LogP contribution is 2.22. The third-order valence-electron chi connectivity index (χ3n) is 3.17. The molecule has 0 aliphatic rings. The molecule has 1 aromatic rings. The Hall–Kier alpha value is -1.10. The summed E-state index contributed by atoms with van der Waals surface area (Å²) in [5.41, 5.74) is 0.860. The molecule has 0 saturated carbocycles. The fourth-order valence-corrected chi connectivity index (χ4v) is 2.14. The zero-order valence-corrected chi connectivity index (χ0v) is 12.2. The van der Waals surface area contributed by atoms with E-state index in [9.17, 15) is 5.11 Å². The maximum Gasteiger partial charge on any atom is 0.118 e. The van der Waals surface area contributed by atoms with Gasteiger partial charge in [-0.15, -0.1) is 0 Å². The molecule has 4 nitrogen and oxygen atoms in total. The van der Waals surface area contributed by atoms with E-state index in [1.165, 1.54) is 0 Å². The van der Waals surface area contributed by atoms with Gasteiger partial charge in [0.25, 0.3) is 0 Å². The van der Waals surface area contributed by atoms with Gasteiger partial charge in [-0.05, 0) is 38.1 Å². The van der Waals surface area contributed by atoms with Crippen molar-refractivity contribution in [1.82, 2.24) is 5.32 Å². The first kappa shape index (κ1) is 16.0. The highest BCUT2D eigenvalue weighted by atomic mass is 16.5. The quantitative estimate of drug-likeness (QED) is 0.757. The van der Waals surface area contributed by atoms with E-state index < -0.39 is 6.10 Å². The standard InChI is InChI=1S/C15H25NO3/c1-5-16-14(11(3)19-6-2)15(17)12-7-9-13(18-4)10-8-12/h7-11,14-17H,5-6H2,1-4H3/t11-,14+,15-/m1/s1. The summed E-state index contributed by atoms with van der Waals surface area (Å²) in [5, 5.41) is 13.8. The Bertz CT molecular complexity index is 353. The summed E-state index contributed by atoms with van der Waals surface area (Å²) < 4.78 is 10.7. The van der Waals surface area contributed by atoms with Crippen LogP contribution in [-0.2, 0) is 4.74 Å². The van der Waals surface area contributed by atoms with E-state index >= 15 is 0 Å². The van der Waals surface area contributed by atoms with E-state index in [1.54, 1.807) is 7.11 Å². The van der Waals surface area contributed by atoms with Crippen LogP contribution in [0.25, 0.3) is 0 Å². The second-order valence-electron chi connectivity index (χ2n) is 4.46. The Labute approximate surface area is 115 Å². The van der Waals surface area contributed by atoms with Gasteiger partial charge in [0.1, 0.15) is 5.75 Å². The number of rotatable bonds is 8. The molecule has 3 atom stereocenters. The number of nitrogens with one attached hydrogen (secondary N) is 1. The van der Waals surface area contributed by atoms with Crippen LogP contribution in [0.2, 0.25) is 0 Å². The van der Waals surface area contributed by atoms with Crippen molar-refractivity contribution in [2.45, 2.75) is 39.0 Å². The van der Waals surface area contributed by atoms with Gasteiger partial charge >= 0.3 is 0 Å². The van der Waals surface area contributed by atoms with E-state index in [4.69, 9.17) is 9.47 Å². The number of aliphatic hydroxyl groups excluding tert-OH is 1. The number of aliphatic hydroxyl groups is 1. The summed E-state index contributed by atoms with van der Waals surface area (Å²) in [7, 11) is 1.63. The van der Waals surface area contributed by atoms with Gasteiger partial charge < -0.3 is 19.9 Å². The van der Waals surface area contributed by atoms with E-state index in [-0.39, 0.29) is 12.1 Å². The molecule has 0 unspecified atom stereocenters. The number of likely N-dealkylation sites (N-methyl/N-ethyl adjacent to an activating group) is 1. The van der Waals surface area contributed by atoms with Crippen molar-refractivity contribution < 1.29 is 14.6 Å². The number of methoxy groups -OCH3 is 1. The van der Waals surface area contributed by atoms with E-state index in [0.717, 1.165) is 17.9 Å². The predicted molar refractivity (Wildman–Crippen MR) is 76.5 cm³/mol. The first-order valence-corrected chi connectivity index (χ1v) is 6.81. The van der Waals surface area contributed by atoms with Crippen molar-refractivity contribution >= 4 is 0 Å². The fourth-order valence-electron chi connectivity index (χ4n) is 2.14. The van der Waals surface area contributed by atoms with Gasteiger partial charge in [0, 0.05) is 6.61 Å². The lowest BCUT2D eigenvalue weighted by Crippen LogP contribution is -2.44. The third kappa shape index (κ3) is 4.49. The van der Waals surface area contributed by atoms with Gasteiger partial charge in [-0.1, -0.05) is 19.1 Å². The van der Waals surface area contributed by atoms with Crippen LogP contribution in [0.15, 0.2) is 24.3 Å². The molecular weight excluding hydrogens is 242 g/mol. The molecule has 1 rings (SSSR count). The topological polar surface area (TPSA) is 50.7 Å². The molecule has 0 radical (unpaired) electrons. The smallest absolute Gasteiger partial charge is 0.118 e. The van der Waals surface area contributed by atoms with Crippen LogP contribution >= 0.6 is 0 Å². The monoisotopic (exact) mass is 267 g/mol. The van der Waals surface area contributed by atoms with Crippen LogP contribution in [0.5, 0.6) is 5.75 Å². The molecule has 2 N–H and O–H groups in total. The van der Waals surface area contributed by atoms with Gasteiger partial charge in [-0.2, -0.15) is 0 Å². The Kier molecular flexibility index (Phi) is 6.84. The van der Waals surface area contributed by atoms with Gasteiger partial charge in [0.15, 0.2) is 0 Å². The van der Waals surface area contributed by atoms with Crippen molar-refractivity contribution in [2.24, 2.45) is 0 Å².